The Hall–Kier alpha value is -3.10. The van der Waals surface area contributed by atoms with Gasteiger partial charge >= 0.3 is 6.09 Å². The Morgan fingerprint density at radius 1 is 1.03 bits per heavy atom. The average molecular weight is 518 g/mol. The van der Waals surface area contributed by atoms with E-state index in [0.717, 1.165) is 24.3 Å². The van der Waals surface area contributed by atoms with E-state index in [9.17, 15) is 4.79 Å². The van der Waals surface area contributed by atoms with Crippen LogP contribution < -0.4 is 4.90 Å². The van der Waals surface area contributed by atoms with Crippen molar-refractivity contribution in [2.24, 2.45) is 0 Å². The van der Waals surface area contributed by atoms with Crippen LogP contribution in [0.3, 0.4) is 0 Å². The number of benzene rings is 1. The Kier molecular flexibility index (Phi) is 7.01. The molecule has 202 valence electrons. The summed E-state index contributed by atoms with van der Waals surface area (Å²) >= 11 is 0. The molecule has 8 nitrogen and oxygen atoms in total. The zero-order valence-corrected chi connectivity index (χ0v) is 22.8. The maximum Gasteiger partial charge on any atom is 0.410 e. The molecule has 6 rings (SSSR count). The molecule has 3 fully saturated rings. The molecule has 0 saturated carbocycles. The van der Waals surface area contributed by atoms with E-state index in [1.165, 1.54) is 42.6 Å². The van der Waals surface area contributed by atoms with E-state index in [2.05, 4.69) is 78.3 Å². The lowest BCUT2D eigenvalue weighted by Crippen LogP contribution is -2.55. The third kappa shape index (κ3) is 4.99. The molecule has 0 aliphatic carbocycles. The van der Waals surface area contributed by atoms with Gasteiger partial charge in [0.05, 0.1) is 24.4 Å². The summed E-state index contributed by atoms with van der Waals surface area (Å²) in [6, 6.07) is 14.2. The Morgan fingerprint density at radius 3 is 2.45 bits per heavy atom. The van der Waals surface area contributed by atoms with Crippen LogP contribution in [0.1, 0.15) is 45.1 Å². The van der Waals surface area contributed by atoms with E-state index in [1.54, 1.807) is 0 Å². The van der Waals surface area contributed by atoms with Gasteiger partial charge in [0.2, 0.25) is 0 Å². The molecule has 0 radical (unpaired) electrons. The molecule has 3 aromatic rings. The average Bonchev–Trinajstić information content (AvgIpc) is 3.35. The topological polar surface area (TPSA) is 62.5 Å². The minimum Gasteiger partial charge on any atom is -0.441 e. The summed E-state index contributed by atoms with van der Waals surface area (Å²) in [4.78, 5) is 19.4. The van der Waals surface area contributed by atoms with E-state index >= 15 is 0 Å². The molecule has 38 heavy (non-hydrogen) atoms. The number of amides is 1. The number of piperazine rings is 1. The van der Waals surface area contributed by atoms with E-state index in [4.69, 9.17) is 9.47 Å². The molecule has 5 heterocycles. The monoisotopic (exact) mass is 517 g/mol. The maximum absolute atomic E-state index is 12.6. The maximum atomic E-state index is 12.6. The van der Waals surface area contributed by atoms with Crippen molar-refractivity contribution >= 4 is 17.3 Å². The first-order valence-corrected chi connectivity index (χ1v) is 14.1. The third-order valence-electron chi connectivity index (χ3n) is 8.54. The molecule has 0 unspecified atom stereocenters. The van der Waals surface area contributed by atoms with Crippen LogP contribution in [0.15, 0.2) is 48.8 Å². The first kappa shape index (κ1) is 25.2. The molecule has 1 aromatic carbocycles. The van der Waals surface area contributed by atoms with Crippen molar-refractivity contribution in [3.63, 3.8) is 0 Å². The predicted molar refractivity (Wildman–Crippen MR) is 149 cm³/mol. The van der Waals surface area contributed by atoms with Crippen molar-refractivity contribution in [2.75, 3.05) is 50.8 Å². The van der Waals surface area contributed by atoms with Crippen LogP contribution in [0.5, 0.6) is 0 Å². The van der Waals surface area contributed by atoms with Crippen molar-refractivity contribution < 1.29 is 14.3 Å². The van der Waals surface area contributed by atoms with Gasteiger partial charge in [-0.25, -0.2) is 9.31 Å². The molecule has 0 spiro atoms. The van der Waals surface area contributed by atoms with Crippen molar-refractivity contribution in [1.29, 1.82) is 0 Å². The van der Waals surface area contributed by atoms with Gasteiger partial charge in [-0.1, -0.05) is 24.3 Å². The number of rotatable bonds is 5. The minimum absolute atomic E-state index is 0.0554. The van der Waals surface area contributed by atoms with Crippen LogP contribution in [0.25, 0.3) is 16.6 Å². The standard InChI is InChI=1S/C30H39N5O3/c1-21(2)32-12-9-25(10-13-32)23-4-6-24(7-5-23)26-16-29-28(8-11-31-35(29)18-26)33-14-15-34(22(3)17-33)30(36)38-27-19-37-20-27/h4-8,11,16,18,21-22,25,27H,9-10,12-15,17,19-20H2,1-3H3/t22-/m1/s1. The summed E-state index contributed by atoms with van der Waals surface area (Å²) in [5.74, 6) is 0.653. The summed E-state index contributed by atoms with van der Waals surface area (Å²) in [6.07, 6.45) is 6.12. The fourth-order valence-corrected chi connectivity index (χ4v) is 6.06. The molecular weight excluding hydrogens is 478 g/mol. The SMILES string of the molecule is CC(C)N1CCC(c2ccc(-c3cc4c(N5CCN(C(=O)OC6COC6)[C@H](C)C5)ccnn4c3)cc2)CC1. The number of aromatic nitrogens is 2. The third-order valence-corrected chi connectivity index (χ3v) is 8.54. The fourth-order valence-electron chi connectivity index (χ4n) is 6.06. The Labute approximate surface area is 225 Å². The molecule has 3 aliphatic heterocycles. The van der Waals surface area contributed by atoms with Crippen LogP contribution >= 0.6 is 0 Å². The van der Waals surface area contributed by atoms with Crippen molar-refractivity contribution in [3.05, 3.63) is 54.4 Å². The van der Waals surface area contributed by atoms with Gasteiger partial charge in [0.1, 0.15) is 0 Å². The Balaban J connectivity index is 1.15. The number of hydrogen-bond donors (Lipinski definition) is 0. The van der Waals surface area contributed by atoms with Gasteiger partial charge in [-0.05, 0) is 75.9 Å². The van der Waals surface area contributed by atoms with Gasteiger partial charge in [0.15, 0.2) is 6.10 Å². The van der Waals surface area contributed by atoms with Crippen LogP contribution in [0.2, 0.25) is 0 Å². The van der Waals surface area contributed by atoms with Crippen molar-refractivity contribution in [3.8, 4) is 11.1 Å². The van der Waals surface area contributed by atoms with Crippen molar-refractivity contribution in [2.45, 2.75) is 57.7 Å². The van der Waals surface area contributed by atoms with E-state index in [-0.39, 0.29) is 18.2 Å². The first-order valence-electron chi connectivity index (χ1n) is 14.1. The molecular formula is C30H39N5O3. The lowest BCUT2D eigenvalue weighted by atomic mass is 9.88. The number of hydrogen-bond acceptors (Lipinski definition) is 6. The first-order chi connectivity index (χ1) is 18.5. The van der Waals surface area contributed by atoms with Crippen molar-refractivity contribution in [1.82, 2.24) is 19.4 Å². The lowest BCUT2D eigenvalue weighted by molar-refractivity contribution is -0.106. The molecule has 3 saturated heterocycles. The molecule has 2 aromatic heterocycles. The zero-order valence-electron chi connectivity index (χ0n) is 22.8. The highest BCUT2D eigenvalue weighted by Gasteiger charge is 2.32. The number of carbonyl (C=O) groups excluding carboxylic acids is 1. The molecule has 0 bridgehead atoms. The van der Waals surface area contributed by atoms with Gasteiger partial charge in [-0.3, -0.25) is 0 Å². The van der Waals surface area contributed by atoms with Crippen LogP contribution in [-0.2, 0) is 9.47 Å². The minimum atomic E-state index is -0.232. The largest absolute Gasteiger partial charge is 0.441 e. The lowest BCUT2D eigenvalue weighted by Gasteiger charge is -2.41. The van der Waals surface area contributed by atoms with Gasteiger partial charge in [-0.15, -0.1) is 0 Å². The van der Waals surface area contributed by atoms with E-state index in [0.29, 0.717) is 31.7 Å². The van der Waals surface area contributed by atoms with E-state index < -0.39 is 0 Å². The number of anilines is 1. The quantitative estimate of drug-likeness (QED) is 0.492. The Bertz CT molecular complexity index is 1260. The second-order valence-electron chi connectivity index (χ2n) is 11.3. The molecule has 1 atom stereocenters. The second-order valence-corrected chi connectivity index (χ2v) is 11.3. The predicted octanol–water partition coefficient (Wildman–Crippen LogP) is 4.64. The normalized spacial score (nSPS) is 21.7. The Morgan fingerprint density at radius 2 is 1.79 bits per heavy atom. The zero-order chi connectivity index (χ0) is 26.2. The smallest absolute Gasteiger partial charge is 0.410 e. The summed E-state index contributed by atoms with van der Waals surface area (Å²) in [5, 5.41) is 4.59. The summed E-state index contributed by atoms with van der Waals surface area (Å²) in [5.41, 5.74) is 6.07. The number of likely N-dealkylation sites (tertiary alicyclic amines) is 1. The summed E-state index contributed by atoms with van der Waals surface area (Å²) in [6.45, 7) is 12.2. The van der Waals surface area contributed by atoms with Crippen LogP contribution in [0.4, 0.5) is 10.5 Å². The number of nitrogens with zero attached hydrogens (tertiary/aromatic N) is 5. The number of carbonyl (C=O) groups is 1. The molecule has 8 heteroatoms. The second kappa shape index (κ2) is 10.6. The van der Waals surface area contributed by atoms with Gasteiger partial charge in [0.25, 0.3) is 0 Å². The number of fused-ring (bicyclic) bond motifs is 1. The highest BCUT2D eigenvalue weighted by molar-refractivity contribution is 5.80. The van der Waals surface area contributed by atoms with E-state index in [1.807, 2.05) is 15.6 Å². The molecule has 3 aliphatic rings. The van der Waals surface area contributed by atoms with Gasteiger partial charge in [0, 0.05) is 49.7 Å². The number of ether oxygens (including phenoxy) is 2. The summed E-state index contributed by atoms with van der Waals surface area (Å²) < 4.78 is 12.7. The highest BCUT2D eigenvalue weighted by Crippen LogP contribution is 2.33. The van der Waals surface area contributed by atoms with Gasteiger partial charge < -0.3 is 24.2 Å². The number of piperidine rings is 1. The molecule has 1 amide bonds. The highest BCUT2D eigenvalue weighted by atomic mass is 16.6. The van der Waals surface area contributed by atoms with Gasteiger partial charge in [-0.2, -0.15) is 5.10 Å². The molecule has 0 N–H and O–H groups in total. The summed E-state index contributed by atoms with van der Waals surface area (Å²) in [7, 11) is 0. The van der Waals surface area contributed by atoms with Crippen LogP contribution in [0, 0.1) is 0 Å². The van der Waals surface area contributed by atoms with Crippen LogP contribution in [-0.4, -0.2) is 89.6 Å². The fraction of sp³-hybridized carbons (Fsp3) is 0.533.